The van der Waals surface area contributed by atoms with E-state index in [-0.39, 0.29) is 5.57 Å². The van der Waals surface area contributed by atoms with Gasteiger partial charge in [0.25, 0.3) is 0 Å². The zero-order valence-electron chi connectivity index (χ0n) is 10.5. The molecule has 100 valence electrons. The van der Waals surface area contributed by atoms with Gasteiger partial charge in [-0.2, -0.15) is 0 Å². The van der Waals surface area contributed by atoms with Crippen molar-refractivity contribution >= 4 is 16.0 Å². The third-order valence-electron chi connectivity index (χ3n) is 2.25. The normalized spacial score (nSPS) is 19.9. The van der Waals surface area contributed by atoms with Crippen molar-refractivity contribution in [2.45, 2.75) is 5.25 Å². The Morgan fingerprint density at radius 2 is 2.11 bits per heavy atom. The molecule has 0 saturated carbocycles. The fraction of sp³-hybridized carbons (Fsp3) is 0.364. The fourth-order valence-electron chi connectivity index (χ4n) is 1.62. The lowest BCUT2D eigenvalue weighted by molar-refractivity contribution is -0.136. The highest BCUT2D eigenvalue weighted by Gasteiger charge is 2.36. The molecule has 0 aromatic rings. The van der Waals surface area contributed by atoms with Crippen LogP contribution in [0.3, 0.4) is 0 Å². The molecule has 1 aliphatic rings. The van der Waals surface area contributed by atoms with Crippen LogP contribution in [0.2, 0.25) is 0 Å². The van der Waals surface area contributed by atoms with Gasteiger partial charge in [0, 0.05) is 14.1 Å². The number of methoxy groups -OCH3 is 1. The quantitative estimate of drug-likeness (QED) is 0.575. The van der Waals surface area contributed by atoms with Crippen molar-refractivity contribution in [3.05, 3.63) is 36.0 Å². The lowest BCUT2D eigenvalue weighted by Gasteiger charge is -2.24. The van der Waals surface area contributed by atoms with Gasteiger partial charge in [-0.25, -0.2) is 18.2 Å². The van der Waals surface area contributed by atoms with E-state index < -0.39 is 21.2 Å². The fourth-order valence-corrected chi connectivity index (χ4v) is 3.22. The van der Waals surface area contributed by atoms with E-state index >= 15 is 0 Å². The maximum absolute atomic E-state index is 12.1. The van der Waals surface area contributed by atoms with E-state index in [1.54, 1.807) is 26.2 Å². The van der Waals surface area contributed by atoms with Crippen molar-refractivity contribution in [1.29, 1.82) is 0 Å². The van der Waals surface area contributed by atoms with E-state index in [1.165, 1.54) is 18.2 Å². The Bertz CT molecular complexity index is 517. The summed E-state index contributed by atoms with van der Waals surface area (Å²) in [4.78, 5) is 13.9. The van der Waals surface area contributed by atoms with Gasteiger partial charge in [-0.15, -0.1) is 4.83 Å². The molecule has 1 N–H and O–H groups in total. The van der Waals surface area contributed by atoms with E-state index in [2.05, 4.69) is 16.1 Å². The summed E-state index contributed by atoms with van der Waals surface area (Å²) in [6.45, 7) is 3.66. The molecule has 0 amide bonds. The number of sulfonamides is 1. The molecular formula is C11H16N2O4S. The summed E-state index contributed by atoms with van der Waals surface area (Å²) in [6, 6.07) is 0. The highest BCUT2D eigenvalue weighted by molar-refractivity contribution is 7.90. The Labute approximate surface area is 107 Å². The number of carbonyl (C=O) groups is 1. The van der Waals surface area contributed by atoms with Crippen LogP contribution in [0, 0.1) is 0 Å². The molecule has 0 heterocycles. The number of carbonyl (C=O) groups excluding carboxylic acids is 1. The second-order valence-corrected chi connectivity index (χ2v) is 5.70. The Hall–Kier alpha value is -1.44. The molecule has 7 heteroatoms. The first-order valence-corrected chi connectivity index (χ1v) is 6.68. The number of rotatable bonds is 4. The minimum absolute atomic E-state index is 0.0411. The van der Waals surface area contributed by atoms with Crippen molar-refractivity contribution < 1.29 is 17.9 Å². The molecule has 1 unspecified atom stereocenters. The third kappa shape index (κ3) is 3.06. The van der Waals surface area contributed by atoms with Crippen LogP contribution in [-0.4, -0.2) is 45.9 Å². The predicted molar refractivity (Wildman–Crippen MR) is 67.9 cm³/mol. The highest BCUT2D eigenvalue weighted by Crippen LogP contribution is 2.24. The van der Waals surface area contributed by atoms with Gasteiger partial charge in [-0.05, 0) is 5.57 Å². The second kappa shape index (κ2) is 5.47. The first-order chi connectivity index (χ1) is 8.29. The van der Waals surface area contributed by atoms with Crippen LogP contribution in [0.1, 0.15) is 0 Å². The average molecular weight is 272 g/mol. The van der Waals surface area contributed by atoms with Gasteiger partial charge in [-0.3, -0.25) is 0 Å². The molecule has 1 rings (SSSR count). The number of allylic oxidation sites excluding steroid dienone is 3. The molecule has 0 radical (unpaired) electrons. The molecule has 1 atom stereocenters. The number of hydrogen-bond donors (Lipinski definition) is 1. The summed E-state index contributed by atoms with van der Waals surface area (Å²) in [7, 11) is 0.506. The van der Waals surface area contributed by atoms with Gasteiger partial charge >= 0.3 is 5.97 Å². The Balaban J connectivity index is 3.19. The average Bonchev–Trinajstić information content (AvgIpc) is 2.25. The number of esters is 1. The van der Waals surface area contributed by atoms with Crippen molar-refractivity contribution in [2.24, 2.45) is 0 Å². The number of hydrogen-bond acceptors (Lipinski definition) is 5. The van der Waals surface area contributed by atoms with E-state index in [4.69, 9.17) is 0 Å². The Kier molecular flexibility index (Phi) is 4.44. The van der Waals surface area contributed by atoms with E-state index in [0.29, 0.717) is 5.57 Å². The minimum atomic E-state index is -3.78. The van der Waals surface area contributed by atoms with Gasteiger partial charge in [0.15, 0.2) is 0 Å². The summed E-state index contributed by atoms with van der Waals surface area (Å²) >= 11 is 0. The molecule has 0 saturated heterocycles. The number of ether oxygens (including phenoxy) is 1. The number of nitrogens with one attached hydrogen (secondary N) is 1. The molecule has 0 aliphatic heterocycles. The summed E-state index contributed by atoms with van der Waals surface area (Å²) < 4.78 is 28.9. The van der Waals surface area contributed by atoms with E-state index in [1.807, 2.05) is 0 Å². The molecule has 0 fully saturated rings. The zero-order chi connectivity index (χ0) is 13.9. The maximum atomic E-state index is 12.1. The molecule has 6 nitrogen and oxygen atoms in total. The van der Waals surface area contributed by atoms with Crippen LogP contribution < -0.4 is 4.83 Å². The molecular weight excluding hydrogens is 256 g/mol. The highest BCUT2D eigenvalue weighted by atomic mass is 32.2. The molecule has 0 aromatic heterocycles. The van der Waals surface area contributed by atoms with E-state index in [0.717, 1.165) is 0 Å². The molecule has 18 heavy (non-hydrogen) atoms. The van der Waals surface area contributed by atoms with Crippen LogP contribution in [0.4, 0.5) is 0 Å². The predicted octanol–water partition coefficient (Wildman–Crippen LogP) is -0.0236. The van der Waals surface area contributed by atoms with Crippen LogP contribution in [0.15, 0.2) is 36.0 Å². The molecule has 0 bridgehead atoms. The Morgan fingerprint density at radius 3 is 2.61 bits per heavy atom. The van der Waals surface area contributed by atoms with Gasteiger partial charge in [0.05, 0.1) is 12.7 Å². The first kappa shape index (κ1) is 14.6. The van der Waals surface area contributed by atoms with E-state index in [9.17, 15) is 13.2 Å². The summed E-state index contributed by atoms with van der Waals surface area (Å²) in [5.41, 5.74) is 0.353. The molecule has 0 spiro atoms. The van der Waals surface area contributed by atoms with Crippen molar-refractivity contribution in [1.82, 2.24) is 9.84 Å². The standard InChI is InChI=1S/C11H16N2O4S/c1-8-6-5-7-9(11(14)17-4)10(8)18(15,16)12-13(2)3/h5-7,10,12H,1H2,2-4H3. The zero-order valence-corrected chi connectivity index (χ0v) is 11.3. The van der Waals surface area contributed by atoms with Crippen LogP contribution >= 0.6 is 0 Å². The Morgan fingerprint density at radius 1 is 1.50 bits per heavy atom. The van der Waals surface area contributed by atoms with Gasteiger partial charge < -0.3 is 4.74 Å². The summed E-state index contributed by atoms with van der Waals surface area (Å²) in [6.07, 6.45) is 4.53. The van der Waals surface area contributed by atoms with Gasteiger partial charge in [-0.1, -0.05) is 24.8 Å². The number of nitrogens with zero attached hydrogens (tertiary/aromatic N) is 1. The molecule has 0 aromatic carbocycles. The topological polar surface area (TPSA) is 75.7 Å². The van der Waals surface area contributed by atoms with Crippen LogP contribution in [0.25, 0.3) is 0 Å². The largest absolute Gasteiger partial charge is 0.466 e. The van der Waals surface area contributed by atoms with Crippen molar-refractivity contribution in [2.75, 3.05) is 21.2 Å². The van der Waals surface area contributed by atoms with Crippen LogP contribution in [0.5, 0.6) is 0 Å². The van der Waals surface area contributed by atoms with Gasteiger partial charge in [0.1, 0.15) is 5.25 Å². The third-order valence-corrected chi connectivity index (χ3v) is 4.04. The van der Waals surface area contributed by atoms with Crippen LogP contribution in [-0.2, 0) is 19.6 Å². The minimum Gasteiger partial charge on any atom is -0.466 e. The maximum Gasteiger partial charge on any atom is 0.335 e. The molecule has 1 aliphatic carbocycles. The monoisotopic (exact) mass is 272 g/mol. The summed E-state index contributed by atoms with van der Waals surface area (Å²) in [5, 5.41) is 0.146. The SMILES string of the molecule is C=C1C=CC=C(C(=O)OC)C1S(=O)(=O)NN(C)C. The van der Waals surface area contributed by atoms with Gasteiger partial charge in [0.2, 0.25) is 10.0 Å². The lowest BCUT2D eigenvalue weighted by Crippen LogP contribution is -2.45. The van der Waals surface area contributed by atoms with Crippen molar-refractivity contribution in [3.63, 3.8) is 0 Å². The summed E-state index contributed by atoms with van der Waals surface area (Å²) in [5.74, 6) is -0.686. The smallest absolute Gasteiger partial charge is 0.335 e. The number of hydrazine groups is 1. The van der Waals surface area contributed by atoms with Crippen molar-refractivity contribution in [3.8, 4) is 0 Å². The second-order valence-electron chi connectivity index (χ2n) is 3.96. The lowest BCUT2D eigenvalue weighted by atomic mass is 10.0. The first-order valence-electron chi connectivity index (χ1n) is 5.13.